The van der Waals surface area contributed by atoms with Gasteiger partial charge in [-0.15, -0.1) is 0 Å². The average Bonchev–Trinajstić information content (AvgIpc) is 2.47. The first kappa shape index (κ1) is 12.8. The van der Waals surface area contributed by atoms with Crippen molar-refractivity contribution in [2.24, 2.45) is 0 Å². The van der Waals surface area contributed by atoms with Gasteiger partial charge in [0.25, 0.3) is 0 Å². The second-order valence-corrected chi connectivity index (χ2v) is 3.87. The summed E-state index contributed by atoms with van der Waals surface area (Å²) < 4.78 is 18.1. The number of nitriles is 1. The van der Waals surface area contributed by atoms with Crippen LogP contribution in [0.4, 0.5) is 10.1 Å². The van der Waals surface area contributed by atoms with Crippen LogP contribution in [0.2, 0.25) is 0 Å². The van der Waals surface area contributed by atoms with Crippen molar-refractivity contribution in [3.63, 3.8) is 0 Å². The second kappa shape index (κ2) is 5.83. The Morgan fingerprint density at radius 3 is 2.84 bits per heavy atom. The number of nitrogens with zero attached hydrogens (tertiary/aromatic N) is 2. The van der Waals surface area contributed by atoms with Gasteiger partial charge < -0.3 is 10.1 Å². The lowest BCUT2D eigenvalue weighted by atomic mass is 10.1. The molecule has 0 bridgehead atoms. The zero-order chi connectivity index (χ0) is 13.7. The van der Waals surface area contributed by atoms with Crippen molar-refractivity contribution in [3.8, 4) is 11.9 Å². The van der Waals surface area contributed by atoms with E-state index < -0.39 is 5.82 Å². The first-order valence-electron chi connectivity index (χ1n) is 5.65. The molecule has 0 aliphatic rings. The summed E-state index contributed by atoms with van der Waals surface area (Å²) in [5.74, 6) is 0.0384. The van der Waals surface area contributed by atoms with Gasteiger partial charge in [0, 0.05) is 12.6 Å². The number of halogens is 1. The van der Waals surface area contributed by atoms with Crippen LogP contribution < -0.4 is 10.1 Å². The maximum absolute atomic E-state index is 13.1. The molecule has 0 aliphatic heterocycles. The van der Waals surface area contributed by atoms with Crippen LogP contribution in [-0.4, -0.2) is 12.1 Å². The van der Waals surface area contributed by atoms with Crippen LogP contribution in [0.5, 0.6) is 5.88 Å². The van der Waals surface area contributed by atoms with Gasteiger partial charge >= 0.3 is 0 Å². The second-order valence-electron chi connectivity index (χ2n) is 3.87. The summed E-state index contributed by atoms with van der Waals surface area (Å²) in [6.45, 7) is 0.489. The third-order valence-electron chi connectivity index (χ3n) is 2.59. The van der Waals surface area contributed by atoms with Crippen LogP contribution in [0.3, 0.4) is 0 Å². The Morgan fingerprint density at radius 1 is 1.37 bits per heavy atom. The normalized spacial score (nSPS) is 9.74. The van der Waals surface area contributed by atoms with E-state index >= 15 is 0 Å². The summed E-state index contributed by atoms with van der Waals surface area (Å²) in [4.78, 5) is 4.06. The first-order valence-corrected chi connectivity index (χ1v) is 5.65. The molecule has 0 atom stereocenters. The number of anilines is 1. The van der Waals surface area contributed by atoms with E-state index in [-0.39, 0.29) is 5.56 Å². The van der Waals surface area contributed by atoms with Crippen LogP contribution in [0.1, 0.15) is 11.1 Å². The topological polar surface area (TPSA) is 57.9 Å². The predicted octanol–water partition coefficient (Wildman–Crippen LogP) is 2.71. The van der Waals surface area contributed by atoms with Gasteiger partial charge in [0.2, 0.25) is 5.88 Å². The lowest BCUT2D eigenvalue weighted by Crippen LogP contribution is -2.01. The molecule has 2 rings (SSSR count). The Bertz CT molecular complexity index is 605. The smallest absolute Gasteiger partial charge is 0.213 e. The highest BCUT2D eigenvalue weighted by molar-refractivity contribution is 5.43. The third kappa shape index (κ3) is 3.19. The standard InChI is InChI=1S/C14H12FN3O/c1-19-14-5-3-12(9-18-14)17-8-10-2-4-13(15)11(6-10)7-16/h2-6,9,17H,8H2,1H3. The fourth-order valence-electron chi connectivity index (χ4n) is 1.58. The van der Waals surface area contributed by atoms with Crippen molar-refractivity contribution in [2.75, 3.05) is 12.4 Å². The van der Waals surface area contributed by atoms with Crippen LogP contribution in [-0.2, 0) is 6.54 Å². The molecule has 5 heteroatoms. The number of hydrogen-bond acceptors (Lipinski definition) is 4. The monoisotopic (exact) mass is 257 g/mol. The Labute approximate surface area is 110 Å². The van der Waals surface area contributed by atoms with Gasteiger partial charge in [-0.1, -0.05) is 6.07 Å². The van der Waals surface area contributed by atoms with Crippen molar-refractivity contribution in [1.82, 2.24) is 4.98 Å². The largest absolute Gasteiger partial charge is 0.481 e. The fraction of sp³-hybridized carbons (Fsp3) is 0.143. The average molecular weight is 257 g/mol. The third-order valence-corrected chi connectivity index (χ3v) is 2.59. The number of nitrogens with one attached hydrogen (secondary N) is 1. The highest BCUT2D eigenvalue weighted by atomic mass is 19.1. The minimum absolute atomic E-state index is 0.0483. The van der Waals surface area contributed by atoms with E-state index in [4.69, 9.17) is 10.00 Å². The molecule has 19 heavy (non-hydrogen) atoms. The molecule has 0 radical (unpaired) electrons. The summed E-state index contributed by atoms with van der Waals surface area (Å²) in [6, 6.07) is 9.85. The molecule has 96 valence electrons. The van der Waals surface area contributed by atoms with Crippen molar-refractivity contribution < 1.29 is 9.13 Å². The number of hydrogen-bond donors (Lipinski definition) is 1. The summed E-state index contributed by atoms with van der Waals surface area (Å²) >= 11 is 0. The predicted molar refractivity (Wildman–Crippen MR) is 69.2 cm³/mol. The van der Waals surface area contributed by atoms with E-state index in [9.17, 15) is 4.39 Å². The van der Waals surface area contributed by atoms with Crippen LogP contribution in [0.25, 0.3) is 0 Å². The molecule has 4 nitrogen and oxygen atoms in total. The Hall–Kier alpha value is -2.61. The number of rotatable bonds is 4. The van der Waals surface area contributed by atoms with Gasteiger partial charge in [0.05, 0.1) is 24.6 Å². The van der Waals surface area contributed by atoms with E-state index in [1.165, 1.54) is 12.1 Å². The van der Waals surface area contributed by atoms with Crippen LogP contribution >= 0.6 is 0 Å². The molecule has 1 heterocycles. The zero-order valence-corrected chi connectivity index (χ0v) is 10.4. The van der Waals surface area contributed by atoms with E-state index in [1.807, 2.05) is 12.1 Å². The first-order chi connectivity index (χ1) is 9.22. The van der Waals surface area contributed by atoms with E-state index in [0.29, 0.717) is 12.4 Å². The van der Waals surface area contributed by atoms with Gasteiger partial charge in [-0.25, -0.2) is 9.37 Å². The van der Waals surface area contributed by atoms with Gasteiger partial charge in [-0.05, 0) is 23.8 Å². The fourth-order valence-corrected chi connectivity index (χ4v) is 1.58. The summed E-state index contributed by atoms with van der Waals surface area (Å²) in [6.07, 6.45) is 1.65. The Kier molecular flexibility index (Phi) is 3.94. The molecule has 0 fully saturated rings. The molecule has 0 unspecified atom stereocenters. The molecule has 1 N–H and O–H groups in total. The highest BCUT2D eigenvalue weighted by Gasteiger charge is 2.02. The Balaban J connectivity index is 2.04. The molecule has 1 aromatic heterocycles. The maximum Gasteiger partial charge on any atom is 0.213 e. The molecule has 0 spiro atoms. The molecule has 2 aromatic rings. The van der Waals surface area contributed by atoms with Gasteiger partial charge in [-0.3, -0.25) is 0 Å². The number of aromatic nitrogens is 1. The van der Waals surface area contributed by atoms with Crippen molar-refractivity contribution in [3.05, 3.63) is 53.5 Å². The summed E-state index contributed by atoms with van der Waals surface area (Å²) in [5, 5.41) is 11.9. The van der Waals surface area contributed by atoms with E-state index in [2.05, 4.69) is 10.3 Å². The summed E-state index contributed by atoms with van der Waals surface area (Å²) in [7, 11) is 1.55. The zero-order valence-electron chi connectivity index (χ0n) is 10.4. The lowest BCUT2D eigenvalue weighted by Gasteiger charge is -2.07. The van der Waals surface area contributed by atoms with Crippen LogP contribution in [0, 0.1) is 17.1 Å². The highest BCUT2D eigenvalue weighted by Crippen LogP contribution is 2.14. The van der Waals surface area contributed by atoms with Crippen LogP contribution in [0.15, 0.2) is 36.5 Å². The van der Waals surface area contributed by atoms with Gasteiger partial charge in [0.15, 0.2) is 0 Å². The lowest BCUT2D eigenvalue weighted by molar-refractivity contribution is 0.398. The quantitative estimate of drug-likeness (QED) is 0.914. The summed E-state index contributed by atoms with van der Waals surface area (Å²) in [5.41, 5.74) is 1.70. The van der Waals surface area contributed by atoms with E-state index in [1.54, 1.807) is 25.4 Å². The molecule has 0 amide bonds. The Morgan fingerprint density at radius 2 is 2.21 bits per heavy atom. The van der Waals surface area contributed by atoms with Gasteiger partial charge in [-0.2, -0.15) is 5.26 Å². The number of benzene rings is 1. The number of methoxy groups -OCH3 is 1. The minimum atomic E-state index is -0.502. The van der Waals surface area contributed by atoms with Crippen molar-refractivity contribution in [2.45, 2.75) is 6.54 Å². The van der Waals surface area contributed by atoms with Gasteiger partial charge in [0.1, 0.15) is 11.9 Å². The molecule has 0 saturated heterocycles. The minimum Gasteiger partial charge on any atom is -0.481 e. The molecule has 0 saturated carbocycles. The molecular weight excluding hydrogens is 245 g/mol. The molecule has 0 aliphatic carbocycles. The molecular formula is C14H12FN3O. The van der Waals surface area contributed by atoms with Crippen molar-refractivity contribution >= 4 is 5.69 Å². The number of pyridine rings is 1. The number of ether oxygens (including phenoxy) is 1. The maximum atomic E-state index is 13.1. The SMILES string of the molecule is COc1ccc(NCc2ccc(F)c(C#N)c2)cn1. The van der Waals surface area contributed by atoms with E-state index in [0.717, 1.165) is 11.3 Å². The molecule has 1 aromatic carbocycles. The van der Waals surface area contributed by atoms with Crippen molar-refractivity contribution in [1.29, 1.82) is 5.26 Å².